The lowest BCUT2D eigenvalue weighted by Crippen LogP contribution is -2.33. The Balaban J connectivity index is 2.02. The molecule has 1 amide bonds. The van der Waals surface area contributed by atoms with Gasteiger partial charge in [0.15, 0.2) is 11.5 Å². The summed E-state index contributed by atoms with van der Waals surface area (Å²) in [6.45, 7) is 5.27. The number of nitrogens with one attached hydrogen (secondary N) is 1. The largest absolute Gasteiger partial charge is 0.490 e. The van der Waals surface area contributed by atoms with Crippen LogP contribution in [0.1, 0.15) is 31.0 Å². The summed E-state index contributed by atoms with van der Waals surface area (Å²) in [4.78, 5) is 14.2. The van der Waals surface area contributed by atoms with Crippen molar-refractivity contribution in [3.63, 3.8) is 0 Å². The van der Waals surface area contributed by atoms with E-state index in [1.54, 1.807) is 12.1 Å². The van der Waals surface area contributed by atoms with Crippen molar-refractivity contribution in [1.82, 2.24) is 10.2 Å². The second-order valence-electron chi connectivity index (χ2n) is 6.69. The zero-order valence-electron chi connectivity index (χ0n) is 17.4. The first-order valence-electron chi connectivity index (χ1n) is 9.72. The fourth-order valence-corrected chi connectivity index (χ4v) is 2.91. The third-order valence-electron chi connectivity index (χ3n) is 4.32. The molecule has 156 valence electrons. The van der Waals surface area contributed by atoms with E-state index in [0.717, 1.165) is 11.1 Å². The number of nitrogens with zero attached hydrogens (tertiary/aromatic N) is 1. The fraction of sp³-hybridized carbons (Fsp3) is 0.348. The zero-order valence-corrected chi connectivity index (χ0v) is 17.4. The number of rotatable bonds is 10. The van der Waals surface area contributed by atoms with Crippen molar-refractivity contribution in [2.24, 2.45) is 0 Å². The molecule has 29 heavy (non-hydrogen) atoms. The Kier molecular flexibility index (Phi) is 8.68. The Hall–Kier alpha value is -2.86. The van der Waals surface area contributed by atoms with Gasteiger partial charge in [0, 0.05) is 12.6 Å². The quantitative estimate of drug-likeness (QED) is 0.611. The molecule has 2 aromatic carbocycles. The van der Waals surface area contributed by atoms with E-state index in [4.69, 9.17) is 9.47 Å². The van der Waals surface area contributed by atoms with E-state index in [1.165, 1.54) is 18.2 Å². The predicted molar refractivity (Wildman–Crippen MR) is 114 cm³/mol. The van der Waals surface area contributed by atoms with Crippen LogP contribution in [0, 0.1) is 5.82 Å². The minimum atomic E-state index is -0.291. The SMILES string of the molecule is CCOc1ccc(/C=C/C(=O)NCC(c2cccc(F)c2)N(C)C)cc1OCC. The van der Waals surface area contributed by atoms with E-state index in [9.17, 15) is 9.18 Å². The van der Waals surface area contributed by atoms with Crippen molar-refractivity contribution >= 4 is 12.0 Å². The standard InChI is InChI=1S/C23H29FN2O3/c1-5-28-21-12-10-17(14-22(21)29-6-2)11-13-23(27)25-16-20(26(3)4)18-8-7-9-19(24)15-18/h7-15,20H,5-6,16H2,1-4H3,(H,25,27)/b13-11+. The predicted octanol–water partition coefficient (Wildman–Crippen LogP) is 4.06. The van der Waals surface area contributed by atoms with Crippen LogP contribution < -0.4 is 14.8 Å². The lowest BCUT2D eigenvalue weighted by molar-refractivity contribution is -0.116. The molecule has 0 aliphatic heterocycles. The third kappa shape index (κ3) is 6.91. The van der Waals surface area contributed by atoms with Gasteiger partial charge in [-0.1, -0.05) is 18.2 Å². The summed E-state index contributed by atoms with van der Waals surface area (Å²) < 4.78 is 24.7. The Morgan fingerprint density at radius 2 is 1.83 bits per heavy atom. The molecule has 0 heterocycles. The van der Waals surface area contributed by atoms with Crippen molar-refractivity contribution in [2.45, 2.75) is 19.9 Å². The molecule has 5 nitrogen and oxygen atoms in total. The van der Waals surface area contributed by atoms with E-state index in [-0.39, 0.29) is 17.8 Å². The normalized spacial score (nSPS) is 12.2. The van der Waals surface area contributed by atoms with Crippen LogP contribution in [0.4, 0.5) is 4.39 Å². The van der Waals surface area contributed by atoms with Crippen molar-refractivity contribution in [1.29, 1.82) is 0 Å². The van der Waals surface area contributed by atoms with Crippen molar-refractivity contribution in [2.75, 3.05) is 33.9 Å². The molecular formula is C23H29FN2O3. The maximum Gasteiger partial charge on any atom is 0.244 e. The van der Waals surface area contributed by atoms with Gasteiger partial charge in [0.2, 0.25) is 5.91 Å². The van der Waals surface area contributed by atoms with Crippen LogP contribution in [-0.2, 0) is 4.79 Å². The monoisotopic (exact) mass is 400 g/mol. The molecule has 0 aliphatic rings. The average Bonchev–Trinajstić information content (AvgIpc) is 2.68. The molecular weight excluding hydrogens is 371 g/mol. The number of halogens is 1. The molecule has 0 aliphatic carbocycles. The highest BCUT2D eigenvalue weighted by molar-refractivity contribution is 5.91. The molecule has 0 spiro atoms. The average molecular weight is 400 g/mol. The Bertz CT molecular complexity index is 837. The van der Waals surface area contributed by atoms with Gasteiger partial charge in [0.25, 0.3) is 0 Å². The van der Waals surface area contributed by atoms with E-state index in [1.807, 2.05) is 57.1 Å². The summed E-state index contributed by atoms with van der Waals surface area (Å²) in [6.07, 6.45) is 3.20. The first-order chi connectivity index (χ1) is 13.9. The molecule has 1 atom stereocenters. The molecule has 0 bridgehead atoms. The second kappa shape index (κ2) is 11.2. The lowest BCUT2D eigenvalue weighted by Gasteiger charge is -2.24. The van der Waals surface area contributed by atoms with Gasteiger partial charge in [-0.2, -0.15) is 0 Å². The van der Waals surface area contributed by atoms with E-state index in [0.29, 0.717) is 31.3 Å². The molecule has 2 rings (SSSR count). The van der Waals surface area contributed by atoms with Crippen LogP contribution in [0.2, 0.25) is 0 Å². The van der Waals surface area contributed by atoms with Crippen LogP contribution in [0.5, 0.6) is 11.5 Å². The summed E-state index contributed by atoms with van der Waals surface area (Å²) >= 11 is 0. The molecule has 2 aromatic rings. The molecule has 6 heteroatoms. The number of hydrogen-bond donors (Lipinski definition) is 1. The molecule has 0 saturated heterocycles. The van der Waals surface area contributed by atoms with Gasteiger partial charge in [0.1, 0.15) is 5.82 Å². The second-order valence-corrected chi connectivity index (χ2v) is 6.69. The van der Waals surface area contributed by atoms with E-state index < -0.39 is 0 Å². The topological polar surface area (TPSA) is 50.8 Å². The maximum atomic E-state index is 13.5. The molecule has 0 radical (unpaired) electrons. The Morgan fingerprint density at radius 1 is 1.10 bits per heavy atom. The van der Waals surface area contributed by atoms with Crippen LogP contribution in [0.25, 0.3) is 6.08 Å². The highest BCUT2D eigenvalue weighted by Crippen LogP contribution is 2.29. The highest BCUT2D eigenvalue weighted by Gasteiger charge is 2.15. The number of ether oxygens (including phenoxy) is 2. The first kappa shape index (κ1) is 22.4. The van der Waals surface area contributed by atoms with Crippen LogP contribution in [0.3, 0.4) is 0 Å². The van der Waals surface area contributed by atoms with Crippen LogP contribution in [0.15, 0.2) is 48.5 Å². The van der Waals surface area contributed by atoms with Gasteiger partial charge in [-0.25, -0.2) is 4.39 Å². The minimum absolute atomic E-state index is 0.127. The number of likely N-dealkylation sites (N-methyl/N-ethyl adjacent to an activating group) is 1. The molecule has 1 N–H and O–H groups in total. The number of carbonyl (C=O) groups is 1. The number of benzene rings is 2. The summed E-state index contributed by atoms with van der Waals surface area (Å²) in [5.41, 5.74) is 1.65. The van der Waals surface area contributed by atoms with Gasteiger partial charge in [0.05, 0.1) is 19.3 Å². The Labute approximate surface area is 172 Å². The number of amides is 1. The van der Waals surface area contributed by atoms with E-state index >= 15 is 0 Å². The molecule has 1 unspecified atom stereocenters. The smallest absolute Gasteiger partial charge is 0.244 e. The van der Waals surface area contributed by atoms with Gasteiger partial charge >= 0.3 is 0 Å². The lowest BCUT2D eigenvalue weighted by atomic mass is 10.1. The van der Waals surface area contributed by atoms with Crippen LogP contribution >= 0.6 is 0 Å². The molecule has 0 saturated carbocycles. The molecule has 0 fully saturated rings. The first-order valence-corrected chi connectivity index (χ1v) is 9.72. The fourth-order valence-electron chi connectivity index (χ4n) is 2.91. The van der Waals surface area contributed by atoms with Gasteiger partial charge in [-0.05, 0) is 69.4 Å². The van der Waals surface area contributed by atoms with Crippen molar-refractivity contribution < 1.29 is 18.7 Å². The summed E-state index contributed by atoms with van der Waals surface area (Å²) in [6, 6.07) is 11.8. The maximum absolute atomic E-state index is 13.5. The van der Waals surface area contributed by atoms with Crippen LogP contribution in [-0.4, -0.2) is 44.7 Å². The highest BCUT2D eigenvalue weighted by atomic mass is 19.1. The van der Waals surface area contributed by atoms with Crippen molar-refractivity contribution in [3.8, 4) is 11.5 Å². The van der Waals surface area contributed by atoms with Crippen molar-refractivity contribution in [3.05, 3.63) is 65.5 Å². The van der Waals surface area contributed by atoms with Gasteiger partial charge in [-0.3, -0.25) is 4.79 Å². The zero-order chi connectivity index (χ0) is 21.2. The summed E-state index contributed by atoms with van der Waals surface area (Å²) in [7, 11) is 3.79. The molecule has 0 aromatic heterocycles. The number of carbonyl (C=O) groups excluding carboxylic acids is 1. The number of hydrogen-bond acceptors (Lipinski definition) is 4. The van der Waals surface area contributed by atoms with Gasteiger partial charge < -0.3 is 19.7 Å². The van der Waals surface area contributed by atoms with Gasteiger partial charge in [-0.15, -0.1) is 0 Å². The third-order valence-corrected chi connectivity index (χ3v) is 4.32. The Morgan fingerprint density at radius 3 is 2.48 bits per heavy atom. The summed E-state index contributed by atoms with van der Waals surface area (Å²) in [5.74, 6) is 0.817. The summed E-state index contributed by atoms with van der Waals surface area (Å²) in [5, 5.41) is 2.88. The van der Waals surface area contributed by atoms with E-state index in [2.05, 4.69) is 5.32 Å². The minimum Gasteiger partial charge on any atom is -0.490 e.